The van der Waals surface area contributed by atoms with Crippen molar-refractivity contribution >= 4 is 21.7 Å². The fourth-order valence-corrected chi connectivity index (χ4v) is 1.76. The van der Waals surface area contributed by atoms with Crippen molar-refractivity contribution in [2.75, 3.05) is 24.7 Å². The largest absolute Gasteiger partial charge is 0.370 e. The minimum absolute atomic E-state index is 0.320. The minimum atomic E-state index is -3.12. The summed E-state index contributed by atoms with van der Waals surface area (Å²) in [6.45, 7) is 0.829. The number of benzene rings is 1. The fourth-order valence-electron chi connectivity index (χ4n) is 1.25. The van der Waals surface area contributed by atoms with Gasteiger partial charge in [-0.3, -0.25) is 4.99 Å². The van der Waals surface area contributed by atoms with Gasteiger partial charge < -0.3 is 11.1 Å². The van der Waals surface area contributed by atoms with Crippen LogP contribution in [-0.4, -0.2) is 33.7 Å². The van der Waals surface area contributed by atoms with E-state index < -0.39 is 10.0 Å². The Morgan fingerprint density at radius 2 is 2.00 bits per heavy atom. The number of hydrogen-bond acceptors (Lipinski definition) is 3. The smallest absolute Gasteiger partial charge is 0.208 e. The molecule has 0 atom stereocenters. The van der Waals surface area contributed by atoms with E-state index in [4.69, 9.17) is 5.73 Å². The summed E-state index contributed by atoms with van der Waals surface area (Å²) in [6, 6.07) is 9.47. The normalized spacial score (nSPS) is 12.4. The Morgan fingerprint density at radius 3 is 2.61 bits per heavy atom. The second kappa shape index (κ2) is 6.97. The lowest BCUT2D eigenvalue weighted by Crippen LogP contribution is -2.25. The van der Waals surface area contributed by atoms with Gasteiger partial charge in [-0.1, -0.05) is 18.2 Å². The van der Waals surface area contributed by atoms with E-state index in [0.29, 0.717) is 25.5 Å². The number of sulfonamides is 1. The molecule has 0 aromatic heterocycles. The van der Waals surface area contributed by atoms with Crippen molar-refractivity contribution in [1.29, 1.82) is 0 Å². The summed E-state index contributed by atoms with van der Waals surface area (Å²) in [5.41, 5.74) is 6.54. The summed E-state index contributed by atoms with van der Waals surface area (Å²) < 4.78 is 24.0. The molecule has 0 aliphatic rings. The zero-order chi connectivity index (χ0) is 13.4. The molecule has 1 aromatic rings. The van der Waals surface area contributed by atoms with Crippen LogP contribution in [0.15, 0.2) is 35.3 Å². The SMILES string of the molecule is CS(=O)(=O)NCCCN=C(N)Nc1ccccc1. The number of rotatable bonds is 6. The van der Waals surface area contributed by atoms with Crippen LogP contribution < -0.4 is 15.8 Å². The third-order valence-electron chi connectivity index (χ3n) is 2.03. The van der Waals surface area contributed by atoms with Crippen molar-refractivity contribution in [3.05, 3.63) is 30.3 Å². The van der Waals surface area contributed by atoms with Crippen LogP contribution in [0.5, 0.6) is 0 Å². The van der Waals surface area contributed by atoms with Gasteiger partial charge >= 0.3 is 0 Å². The van der Waals surface area contributed by atoms with Crippen LogP contribution in [0.2, 0.25) is 0 Å². The highest BCUT2D eigenvalue weighted by atomic mass is 32.2. The van der Waals surface area contributed by atoms with Crippen LogP contribution in [0.1, 0.15) is 6.42 Å². The van der Waals surface area contributed by atoms with Crippen molar-refractivity contribution in [2.45, 2.75) is 6.42 Å². The summed E-state index contributed by atoms with van der Waals surface area (Å²) in [4.78, 5) is 4.09. The molecule has 0 saturated carbocycles. The number of nitrogens with two attached hydrogens (primary N) is 1. The van der Waals surface area contributed by atoms with Gasteiger partial charge in [-0.05, 0) is 18.6 Å². The van der Waals surface area contributed by atoms with E-state index in [-0.39, 0.29) is 0 Å². The average molecular weight is 270 g/mol. The standard InChI is InChI=1S/C11H18N4O2S/c1-18(16,17)14-9-5-8-13-11(12)15-10-6-3-2-4-7-10/h2-4,6-7,14H,5,8-9H2,1H3,(H3,12,13,15). The molecule has 1 rings (SSSR count). The first kappa shape index (κ1) is 14.5. The summed E-state index contributed by atoms with van der Waals surface area (Å²) in [5, 5.41) is 2.94. The lowest BCUT2D eigenvalue weighted by atomic mass is 10.3. The summed E-state index contributed by atoms with van der Waals surface area (Å²) in [6.07, 6.45) is 1.73. The number of para-hydroxylation sites is 1. The third kappa shape index (κ3) is 6.87. The van der Waals surface area contributed by atoms with Crippen molar-refractivity contribution < 1.29 is 8.42 Å². The molecule has 6 nitrogen and oxygen atoms in total. The van der Waals surface area contributed by atoms with Gasteiger partial charge in [-0.25, -0.2) is 13.1 Å². The summed E-state index contributed by atoms with van der Waals surface area (Å²) in [5.74, 6) is 0.320. The van der Waals surface area contributed by atoms with Gasteiger partial charge in [-0.15, -0.1) is 0 Å². The van der Waals surface area contributed by atoms with E-state index >= 15 is 0 Å². The minimum Gasteiger partial charge on any atom is -0.370 e. The number of anilines is 1. The predicted octanol–water partition coefficient (Wildman–Crippen LogP) is 0.352. The van der Waals surface area contributed by atoms with Crippen LogP contribution in [0.3, 0.4) is 0 Å². The van der Waals surface area contributed by atoms with Crippen LogP contribution in [0.4, 0.5) is 5.69 Å². The second-order valence-corrected chi connectivity index (χ2v) is 5.61. The summed E-state index contributed by atoms with van der Waals surface area (Å²) in [7, 11) is -3.12. The maximum absolute atomic E-state index is 10.8. The maximum Gasteiger partial charge on any atom is 0.208 e. The Kier molecular flexibility index (Phi) is 5.60. The Hall–Kier alpha value is -1.60. The first-order valence-corrected chi connectivity index (χ1v) is 7.43. The second-order valence-electron chi connectivity index (χ2n) is 3.78. The van der Waals surface area contributed by atoms with Gasteiger partial charge in [0, 0.05) is 18.8 Å². The molecule has 0 unspecified atom stereocenters. The molecule has 0 spiro atoms. The van der Waals surface area contributed by atoms with Crippen molar-refractivity contribution in [3.63, 3.8) is 0 Å². The monoisotopic (exact) mass is 270 g/mol. The van der Waals surface area contributed by atoms with Crippen LogP contribution >= 0.6 is 0 Å². The first-order valence-electron chi connectivity index (χ1n) is 5.54. The first-order chi connectivity index (χ1) is 8.47. The number of aliphatic imine (C=N–C) groups is 1. The molecule has 0 aliphatic heterocycles. The van der Waals surface area contributed by atoms with E-state index in [9.17, 15) is 8.42 Å². The predicted molar refractivity (Wildman–Crippen MR) is 74.0 cm³/mol. The van der Waals surface area contributed by atoms with E-state index in [1.165, 1.54) is 0 Å². The van der Waals surface area contributed by atoms with Crippen molar-refractivity contribution in [2.24, 2.45) is 10.7 Å². The Balaban J connectivity index is 2.26. The van der Waals surface area contributed by atoms with E-state index in [1.54, 1.807) is 0 Å². The zero-order valence-electron chi connectivity index (χ0n) is 10.3. The van der Waals surface area contributed by atoms with Crippen molar-refractivity contribution in [3.8, 4) is 0 Å². The Morgan fingerprint density at radius 1 is 1.33 bits per heavy atom. The topological polar surface area (TPSA) is 96.6 Å². The van der Waals surface area contributed by atoms with Gasteiger partial charge in [0.25, 0.3) is 0 Å². The molecular formula is C11H18N4O2S. The third-order valence-corrected chi connectivity index (χ3v) is 2.76. The molecular weight excluding hydrogens is 252 g/mol. The summed E-state index contributed by atoms with van der Waals surface area (Å²) >= 11 is 0. The van der Waals surface area contributed by atoms with Gasteiger partial charge in [0.2, 0.25) is 10.0 Å². The molecule has 0 amide bonds. The number of nitrogens with zero attached hydrogens (tertiary/aromatic N) is 1. The van der Waals surface area contributed by atoms with Crippen LogP contribution in [0, 0.1) is 0 Å². The zero-order valence-corrected chi connectivity index (χ0v) is 11.1. The Bertz CT molecular complexity index is 485. The Labute approximate surface area is 107 Å². The van der Waals surface area contributed by atoms with Gasteiger partial charge in [0.15, 0.2) is 5.96 Å². The maximum atomic E-state index is 10.8. The van der Waals surface area contributed by atoms with Crippen molar-refractivity contribution in [1.82, 2.24) is 4.72 Å². The molecule has 0 bridgehead atoms. The molecule has 0 fully saturated rings. The highest BCUT2D eigenvalue weighted by Gasteiger charge is 1.98. The highest BCUT2D eigenvalue weighted by Crippen LogP contribution is 2.03. The molecule has 1 aromatic carbocycles. The van der Waals surface area contributed by atoms with Crippen LogP contribution in [-0.2, 0) is 10.0 Å². The molecule has 0 radical (unpaired) electrons. The number of nitrogens with one attached hydrogen (secondary N) is 2. The van der Waals surface area contributed by atoms with E-state index in [0.717, 1.165) is 11.9 Å². The lowest BCUT2D eigenvalue weighted by Gasteiger charge is -2.05. The number of hydrogen-bond donors (Lipinski definition) is 3. The van der Waals surface area contributed by atoms with Gasteiger partial charge in [0.05, 0.1) is 6.26 Å². The molecule has 0 saturated heterocycles. The molecule has 0 aliphatic carbocycles. The fraction of sp³-hybridized carbons (Fsp3) is 0.364. The van der Waals surface area contributed by atoms with E-state index in [1.807, 2.05) is 30.3 Å². The molecule has 0 heterocycles. The average Bonchev–Trinajstić information content (AvgIpc) is 2.28. The highest BCUT2D eigenvalue weighted by molar-refractivity contribution is 7.88. The molecule has 100 valence electrons. The number of guanidine groups is 1. The van der Waals surface area contributed by atoms with Gasteiger partial charge in [-0.2, -0.15) is 0 Å². The molecule has 7 heteroatoms. The van der Waals surface area contributed by atoms with Crippen LogP contribution in [0.25, 0.3) is 0 Å². The quantitative estimate of drug-likeness (QED) is 0.395. The molecule has 4 N–H and O–H groups in total. The molecule has 18 heavy (non-hydrogen) atoms. The lowest BCUT2D eigenvalue weighted by molar-refractivity contribution is 0.586. The van der Waals surface area contributed by atoms with E-state index in [2.05, 4.69) is 15.0 Å². The van der Waals surface area contributed by atoms with Gasteiger partial charge in [0.1, 0.15) is 0 Å².